The lowest BCUT2D eigenvalue weighted by Gasteiger charge is -2.32. The van der Waals surface area contributed by atoms with Crippen LogP contribution in [-0.4, -0.2) is 34.1 Å². The molecule has 3 heteroatoms. The molecule has 0 aromatic carbocycles. The second-order valence-corrected chi connectivity index (χ2v) is 6.09. The monoisotopic (exact) mass is 247 g/mol. The Kier molecular flexibility index (Phi) is 3.42. The van der Waals surface area contributed by atoms with Crippen LogP contribution >= 0.6 is 0 Å². The van der Waals surface area contributed by atoms with Crippen LogP contribution in [0.2, 0.25) is 0 Å². The predicted octanol–water partition coefficient (Wildman–Crippen LogP) is 2.66. The molecule has 1 aromatic heterocycles. The first kappa shape index (κ1) is 12.2. The maximum atomic E-state index is 4.76. The van der Waals surface area contributed by atoms with Gasteiger partial charge in [-0.25, -0.2) is 4.98 Å². The van der Waals surface area contributed by atoms with E-state index in [-0.39, 0.29) is 0 Å². The third-order valence-electron chi connectivity index (χ3n) is 4.69. The Balaban J connectivity index is 1.80. The highest BCUT2D eigenvalue weighted by Gasteiger charge is 2.27. The smallest absolute Gasteiger partial charge is 0.113 e. The normalized spacial score (nSPS) is 29.2. The van der Waals surface area contributed by atoms with Crippen molar-refractivity contribution in [2.75, 3.05) is 19.6 Å². The summed E-state index contributed by atoms with van der Waals surface area (Å²) in [5.74, 6) is 2.87. The third-order valence-corrected chi connectivity index (χ3v) is 4.69. The van der Waals surface area contributed by atoms with Crippen LogP contribution in [-0.2, 0) is 13.0 Å². The number of imidazole rings is 1. The molecule has 0 bridgehead atoms. The summed E-state index contributed by atoms with van der Waals surface area (Å²) in [6.45, 7) is 9.48. The molecule has 0 radical (unpaired) electrons. The average molecular weight is 247 g/mol. The second-order valence-electron chi connectivity index (χ2n) is 6.09. The summed E-state index contributed by atoms with van der Waals surface area (Å²) in [5, 5.41) is 0. The molecule has 0 aliphatic carbocycles. The number of aromatic nitrogens is 2. The van der Waals surface area contributed by atoms with Crippen molar-refractivity contribution < 1.29 is 0 Å². The summed E-state index contributed by atoms with van der Waals surface area (Å²) in [4.78, 5) is 7.33. The van der Waals surface area contributed by atoms with Gasteiger partial charge in [0.25, 0.3) is 0 Å². The van der Waals surface area contributed by atoms with Crippen LogP contribution in [0.5, 0.6) is 0 Å². The summed E-state index contributed by atoms with van der Waals surface area (Å²) in [7, 11) is 0. The third kappa shape index (κ3) is 2.20. The van der Waals surface area contributed by atoms with E-state index in [1.807, 2.05) is 0 Å². The van der Waals surface area contributed by atoms with Gasteiger partial charge in [0.15, 0.2) is 0 Å². The molecule has 3 nitrogen and oxygen atoms in total. The largest absolute Gasteiger partial charge is 0.332 e. The van der Waals surface area contributed by atoms with Gasteiger partial charge in [-0.05, 0) is 44.7 Å². The van der Waals surface area contributed by atoms with Crippen LogP contribution in [0.15, 0.2) is 6.20 Å². The highest BCUT2D eigenvalue weighted by atomic mass is 15.2. The van der Waals surface area contributed by atoms with Gasteiger partial charge in [0.2, 0.25) is 0 Å². The summed E-state index contributed by atoms with van der Waals surface area (Å²) in [6, 6.07) is 0. The number of rotatable bonds is 2. The standard InChI is InChI=1S/C15H25N3/c1-3-17-7-4-5-13(11-17)15-16-10-14-9-12(2)6-8-18(14)15/h10,12-13H,3-9,11H2,1-2H3. The fourth-order valence-electron chi connectivity index (χ4n) is 3.54. The molecule has 2 aliphatic rings. The summed E-state index contributed by atoms with van der Waals surface area (Å²) < 4.78 is 2.52. The van der Waals surface area contributed by atoms with Gasteiger partial charge in [-0.3, -0.25) is 0 Å². The lowest BCUT2D eigenvalue weighted by atomic mass is 9.95. The average Bonchev–Trinajstić information content (AvgIpc) is 2.81. The van der Waals surface area contributed by atoms with Crippen molar-refractivity contribution in [1.82, 2.24) is 14.5 Å². The fourth-order valence-corrected chi connectivity index (χ4v) is 3.54. The Bertz CT molecular complexity index is 410. The Labute approximate surface area is 110 Å². The molecule has 2 atom stereocenters. The molecule has 100 valence electrons. The Morgan fingerprint density at radius 2 is 2.22 bits per heavy atom. The minimum absolute atomic E-state index is 0.667. The van der Waals surface area contributed by atoms with E-state index in [2.05, 4.69) is 29.5 Å². The van der Waals surface area contributed by atoms with E-state index in [0.717, 1.165) is 5.92 Å². The van der Waals surface area contributed by atoms with Gasteiger partial charge in [0.05, 0.1) is 0 Å². The molecular weight excluding hydrogens is 222 g/mol. The quantitative estimate of drug-likeness (QED) is 0.801. The fraction of sp³-hybridized carbons (Fsp3) is 0.800. The minimum Gasteiger partial charge on any atom is -0.332 e. The van der Waals surface area contributed by atoms with Gasteiger partial charge in [-0.2, -0.15) is 0 Å². The molecular formula is C15H25N3. The molecule has 1 saturated heterocycles. The minimum atomic E-state index is 0.667. The van der Waals surface area contributed by atoms with Crippen LogP contribution in [0.4, 0.5) is 0 Å². The van der Waals surface area contributed by atoms with E-state index in [4.69, 9.17) is 4.98 Å². The first-order valence-electron chi connectivity index (χ1n) is 7.54. The van der Waals surface area contributed by atoms with Crippen LogP contribution < -0.4 is 0 Å². The number of nitrogens with zero attached hydrogens (tertiary/aromatic N) is 3. The van der Waals surface area contributed by atoms with E-state index >= 15 is 0 Å². The van der Waals surface area contributed by atoms with Crippen LogP contribution in [0, 0.1) is 5.92 Å². The first-order chi connectivity index (χ1) is 8.78. The van der Waals surface area contributed by atoms with E-state index < -0.39 is 0 Å². The van der Waals surface area contributed by atoms with E-state index in [0.29, 0.717) is 5.92 Å². The van der Waals surface area contributed by atoms with Crippen molar-refractivity contribution in [2.24, 2.45) is 5.92 Å². The zero-order valence-electron chi connectivity index (χ0n) is 11.7. The van der Waals surface area contributed by atoms with E-state index in [9.17, 15) is 0 Å². The first-order valence-corrected chi connectivity index (χ1v) is 7.54. The lowest BCUT2D eigenvalue weighted by Crippen LogP contribution is -2.35. The summed E-state index contributed by atoms with van der Waals surface area (Å²) >= 11 is 0. The van der Waals surface area contributed by atoms with Gasteiger partial charge < -0.3 is 9.47 Å². The zero-order chi connectivity index (χ0) is 12.5. The second kappa shape index (κ2) is 5.04. The number of hydrogen-bond donors (Lipinski definition) is 0. The zero-order valence-corrected chi connectivity index (χ0v) is 11.7. The molecule has 1 fully saturated rings. The summed E-state index contributed by atoms with van der Waals surface area (Å²) in [6.07, 6.45) is 7.33. The maximum Gasteiger partial charge on any atom is 0.113 e. The van der Waals surface area contributed by atoms with Crippen molar-refractivity contribution in [2.45, 2.75) is 52.0 Å². The van der Waals surface area contributed by atoms with Crippen molar-refractivity contribution >= 4 is 0 Å². The molecule has 3 rings (SSSR count). The molecule has 0 amide bonds. The van der Waals surface area contributed by atoms with Gasteiger partial charge in [0, 0.05) is 30.9 Å². The van der Waals surface area contributed by atoms with Gasteiger partial charge in [-0.15, -0.1) is 0 Å². The highest BCUT2D eigenvalue weighted by Crippen LogP contribution is 2.30. The van der Waals surface area contributed by atoms with Gasteiger partial charge in [0.1, 0.15) is 5.82 Å². The topological polar surface area (TPSA) is 21.1 Å². The number of likely N-dealkylation sites (tertiary alicyclic amines) is 1. The molecule has 1 aromatic rings. The SMILES string of the molecule is CCN1CCCC(c2ncc3n2CCC(C)C3)C1. The number of fused-ring (bicyclic) bond motifs is 1. The van der Waals surface area contributed by atoms with Crippen molar-refractivity contribution in [3.8, 4) is 0 Å². The van der Waals surface area contributed by atoms with Crippen LogP contribution in [0.25, 0.3) is 0 Å². The Morgan fingerprint density at radius 1 is 1.33 bits per heavy atom. The molecule has 0 saturated carbocycles. The van der Waals surface area contributed by atoms with Crippen molar-refractivity contribution in [3.05, 3.63) is 17.7 Å². The van der Waals surface area contributed by atoms with Gasteiger partial charge in [-0.1, -0.05) is 13.8 Å². The van der Waals surface area contributed by atoms with Crippen molar-refractivity contribution in [3.63, 3.8) is 0 Å². The van der Waals surface area contributed by atoms with Crippen LogP contribution in [0.1, 0.15) is 50.5 Å². The maximum absolute atomic E-state index is 4.76. The Morgan fingerprint density at radius 3 is 3.06 bits per heavy atom. The number of hydrogen-bond acceptors (Lipinski definition) is 2. The molecule has 0 N–H and O–H groups in total. The molecule has 0 spiro atoms. The van der Waals surface area contributed by atoms with Gasteiger partial charge >= 0.3 is 0 Å². The molecule has 2 unspecified atom stereocenters. The van der Waals surface area contributed by atoms with Crippen molar-refractivity contribution in [1.29, 1.82) is 0 Å². The van der Waals surface area contributed by atoms with E-state index in [1.54, 1.807) is 0 Å². The molecule has 3 heterocycles. The molecule has 18 heavy (non-hydrogen) atoms. The van der Waals surface area contributed by atoms with Crippen LogP contribution in [0.3, 0.4) is 0 Å². The molecule has 2 aliphatic heterocycles. The number of likely N-dealkylation sites (N-methyl/N-ethyl adjacent to an activating group) is 1. The number of piperidine rings is 1. The lowest BCUT2D eigenvalue weighted by molar-refractivity contribution is 0.210. The highest BCUT2D eigenvalue weighted by molar-refractivity contribution is 5.13. The van der Waals surface area contributed by atoms with E-state index in [1.165, 1.54) is 63.4 Å². The predicted molar refractivity (Wildman–Crippen MR) is 73.8 cm³/mol. The summed E-state index contributed by atoms with van der Waals surface area (Å²) in [5.41, 5.74) is 1.47. The Hall–Kier alpha value is -0.830.